The van der Waals surface area contributed by atoms with Crippen molar-refractivity contribution in [2.75, 3.05) is 25.6 Å². The molecule has 82 valence electrons. The Morgan fingerprint density at radius 3 is 2.71 bits per heavy atom. The van der Waals surface area contributed by atoms with Gasteiger partial charge in [0.1, 0.15) is 0 Å². The van der Waals surface area contributed by atoms with E-state index in [4.69, 9.17) is 16.3 Å². The lowest BCUT2D eigenvalue weighted by atomic mass is 9.99. The lowest BCUT2D eigenvalue weighted by molar-refractivity contribution is -0.127. The third kappa shape index (κ3) is 4.29. The highest BCUT2D eigenvalue weighted by molar-refractivity contribution is 6.17. The van der Waals surface area contributed by atoms with Crippen LogP contribution >= 0.6 is 11.6 Å². The van der Waals surface area contributed by atoms with E-state index in [1.165, 1.54) is 0 Å². The first kappa shape index (κ1) is 11.8. The highest BCUT2D eigenvalue weighted by Crippen LogP contribution is 2.14. The van der Waals surface area contributed by atoms with Crippen LogP contribution in [0.15, 0.2) is 0 Å². The van der Waals surface area contributed by atoms with Crippen LogP contribution in [0.2, 0.25) is 0 Å². The molecule has 1 amide bonds. The quantitative estimate of drug-likeness (QED) is 0.563. The molecule has 1 rings (SSSR count). The number of hydrogen-bond acceptors (Lipinski definition) is 2. The fourth-order valence-electron chi connectivity index (χ4n) is 1.54. The second-order valence-electron chi connectivity index (χ2n) is 3.57. The van der Waals surface area contributed by atoms with Crippen molar-refractivity contribution < 1.29 is 9.53 Å². The van der Waals surface area contributed by atoms with Crippen LogP contribution in [0.4, 0.5) is 0 Å². The number of rotatable bonds is 5. The molecule has 1 saturated heterocycles. The summed E-state index contributed by atoms with van der Waals surface area (Å²) in [6, 6.07) is 0. The molecule has 0 bridgehead atoms. The molecule has 1 N–H and O–H groups in total. The van der Waals surface area contributed by atoms with E-state index in [0.717, 1.165) is 45.4 Å². The van der Waals surface area contributed by atoms with Crippen molar-refractivity contribution in [1.29, 1.82) is 0 Å². The molecule has 0 aromatic carbocycles. The summed E-state index contributed by atoms with van der Waals surface area (Å²) in [4.78, 5) is 11.6. The maximum Gasteiger partial charge on any atom is 0.223 e. The van der Waals surface area contributed by atoms with Crippen LogP contribution in [0.25, 0.3) is 0 Å². The van der Waals surface area contributed by atoms with Gasteiger partial charge in [-0.3, -0.25) is 4.79 Å². The summed E-state index contributed by atoms with van der Waals surface area (Å²) in [7, 11) is 0. The fourth-order valence-corrected chi connectivity index (χ4v) is 1.72. The number of carbonyl (C=O) groups is 1. The topological polar surface area (TPSA) is 38.3 Å². The first-order chi connectivity index (χ1) is 6.84. The first-order valence-electron chi connectivity index (χ1n) is 5.26. The largest absolute Gasteiger partial charge is 0.381 e. The Hall–Kier alpha value is -0.280. The van der Waals surface area contributed by atoms with Crippen LogP contribution in [0.1, 0.15) is 25.7 Å². The molecule has 1 fully saturated rings. The maximum absolute atomic E-state index is 11.6. The van der Waals surface area contributed by atoms with Crippen molar-refractivity contribution in [1.82, 2.24) is 5.32 Å². The van der Waals surface area contributed by atoms with Crippen LogP contribution in [-0.2, 0) is 9.53 Å². The van der Waals surface area contributed by atoms with E-state index in [1.54, 1.807) is 0 Å². The zero-order valence-corrected chi connectivity index (χ0v) is 9.18. The van der Waals surface area contributed by atoms with Crippen molar-refractivity contribution in [3.05, 3.63) is 0 Å². The predicted molar refractivity (Wildman–Crippen MR) is 56.5 cm³/mol. The van der Waals surface area contributed by atoms with Crippen LogP contribution in [0.3, 0.4) is 0 Å². The molecule has 0 saturated carbocycles. The summed E-state index contributed by atoms with van der Waals surface area (Å²) < 4.78 is 5.20. The van der Waals surface area contributed by atoms with E-state index in [9.17, 15) is 4.79 Å². The lowest BCUT2D eigenvalue weighted by Gasteiger charge is -2.21. The Kier molecular flexibility index (Phi) is 5.96. The Labute approximate surface area is 90.1 Å². The Morgan fingerprint density at radius 1 is 1.36 bits per heavy atom. The van der Waals surface area contributed by atoms with Crippen molar-refractivity contribution >= 4 is 17.5 Å². The molecule has 3 nitrogen and oxygen atoms in total. The number of carbonyl (C=O) groups excluding carboxylic acids is 1. The Balaban J connectivity index is 2.07. The number of unbranched alkanes of at least 4 members (excludes halogenated alkanes) is 1. The molecule has 4 heteroatoms. The predicted octanol–water partition coefficient (Wildman–Crippen LogP) is 1.55. The van der Waals surface area contributed by atoms with Gasteiger partial charge in [-0.1, -0.05) is 0 Å². The first-order valence-corrected chi connectivity index (χ1v) is 5.79. The normalized spacial score (nSPS) is 18.1. The molecule has 0 spiro atoms. The van der Waals surface area contributed by atoms with Gasteiger partial charge < -0.3 is 10.1 Å². The molecule has 1 aliphatic heterocycles. The van der Waals surface area contributed by atoms with Gasteiger partial charge in [0.25, 0.3) is 0 Å². The van der Waals surface area contributed by atoms with Gasteiger partial charge in [-0.2, -0.15) is 0 Å². The summed E-state index contributed by atoms with van der Waals surface area (Å²) in [6.07, 6.45) is 3.66. The average molecular weight is 220 g/mol. The fraction of sp³-hybridized carbons (Fsp3) is 0.900. The highest BCUT2D eigenvalue weighted by Gasteiger charge is 2.20. The maximum atomic E-state index is 11.6. The number of nitrogens with one attached hydrogen (secondary N) is 1. The van der Waals surface area contributed by atoms with Gasteiger partial charge in [0.2, 0.25) is 5.91 Å². The number of amides is 1. The number of ether oxygens (including phenoxy) is 1. The molecule has 0 unspecified atom stereocenters. The average Bonchev–Trinajstić information content (AvgIpc) is 2.25. The summed E-state index contributed by atoms with van der Waals surface area (Å²) in [5.74, 6) is 1.02. The molecule has 0 aromatic rings. The molecule has 1 heterocycles. The smallest absolute Gasteiger partial charge is 0.223 e. The van der Waals surface area contributed by atoms with Crippen molar-refractivity contribution in [3.63, 3.8) is 0 Å². The molecule has 0 atom stereocenters. The second-order valence-corrected chi connectivity index (χ2v) is 3.95. The number of halogens is 1. The van der Waals surface area contributed by atoms with E-state index < -0.39 is 0 Å². The molecule has 0 aliphatic carbocycles. The lowest BCUT2D eigenvalue weighted by Crippen LogP contribution is -2.34. The van der Waals surface area contributed by atoms with Gasteiger partial charge in [-0.15, -0.1) is 11.6 Å². The molecule has 0 radical (unpaired) electrons. The van der Waals surface area contributed by atoms with Crippen molar-refractivity contribution in [3.8, 4) is 0 Å². The molecular formula is C10H18ClNO2. The summed E-state index contributed by atoms with van der Waals surface area (Å²) in [5.41, 5.74) is 0. The minimum Gasteiger partial charge on any atom is -0.381 e. The van der Waals surface area contributed by atoms with Gasteiger partial charge in [-0.05, 0) is 25.7 Å². The Morgan fingerprint density at radius 2 is 2.07 bits per heavy atom. The molecule has 0 aromatic heterocycles. The molecule has 14 heavy (non-hydrogen) atoms. The third-order valence-corrected chi connectivity index (χ3v) is 2.72. The van der Waals surface area contributed by atoms with Crippen molar-refractivity contribution in [2.45, 2.75) is 25.7 Å². The van der Waals surface area contributed by atoms with Crippen molar-refractivity contribution in [2.24, 2.45) is 5.92 Å². The zero-order chi connectivity index (χ0) is 10.2. The minimum atomic E-state index is 0.166. The standard InChI is InChI=1S/C10H18ClNO2/c11-5-1-2-6-12-10(13)9-3-7-14-8-4-9/h9H,1-8H2,(H,12,13). The van der Waals surface area contributed by atoms with E-state index in [2.05, 4.69) is 5.32 Å². The SMILES string of the molecule is O=C(NCCCCCl)C1CCOCC1. The highest BCUT2D eigenvalue weighted by atomic mass is 35.5. The molecular weight excluding hydrogens is 202 g/mol. The summed E-state index contributed by atoms with van der Waals surface area (Å²) in [5, 5.41) is 2.93. The van der Waals surface area contributed by atoms with Crippen LogP contribution in [0.5, 0.6) is 0 Å². The van der Waals surface area contributed by atoms with Crippen LogP contribution in [-0.4, -0.2) is 31.5 Å². The zero-order valence-electron chi connectivity index (χ0n) is 8.43. The third-order valence-electron chi connectivity index (χ3n) is 2.45. The van der Waals surface area contributed by atoms with Gasteiger partial charge >= 0.3 is 0 Å². The van der Waals surface area contributed by atoms with Crippen LogP contribution in [0, 0.1) is 5.92 Å². The minimum absolute atomic E-state index is 0.166. The van der Waals surface area contributed by atoms with Gasteiger partial charge in [0.05, 0.1) is 0 Å². The van der Waals surface area contributed by atoms with E-state index in [-0.39, 0.29) is 11.8 Å². The van der Waals surface area contributed by atoms with E-state index in [0.29, 0.717) is 5.88 Å². The number of hydrogen-bond donors (Lipinski definition) is 1. The van der Waals surface area contributed by atoms with Gasteiger partial charge in [-0.25, -0.2) is 0 Å². The summed E-state index contributed by atoms with van der Waals surface area (Å²) in [6.45, 7) is 2.20. The second kappa shape index (κ2) is 7.07. The van der Waals surface area contributed by atoms with E-state index >= 15 is 0 Å². The summed E-state index contributed by atoms with van der Waals surface area (Å²) >= 11 is 5.54. The van der Waals surface area contributed by atoms with E-state index in [1.807, 2.05) is 0 Å². The molecule has 1 aliphatic rings. The Bertz CT molecular complexity index is 170. The van der Waals surface area contributed by atoms with Crippen LogP contribution < -0.4 is 5.32 Å². The monoisotopic (exact) mass is 219 g/mol. The number of alkyl halides is 1. The van der Waals surface area contributed by atoms with Gasteiger partial charge in [0.15, 0.2) is 0 Å². The van der Waals surface area contributed by atoms with Gasteiger partial charge in [0, 0.05) is 31.6 Å².